The Morgan fingerprint density at radius 2 is 2.12 bits per heavy atom. The van der Waals surface area contributed by atoms with E-state index >= 15 is 0 Å². The second kappa shape index (κ2) is 5.23. The van der Waals surface area contributed by atoms with Gasteiger partial charge in [-0.15, -0.1) is 0 Å². The molecule has 0 bridgehead atoms. The first kappa shape index (κ1) is 11.9. The minimum atomic E-state index is -2.13. The van der Waals surface area contributed by atoms with Gasteiger partial charge in [0.05, 0.1) is 13.2 Å². The topological polar surface area (TPSA) is 33.2 Å². The summed E-state index contributed by atoms with van der Waals surface area (Å²) in [5, 5.41) is 2.07. The Hall–Kier alpha value is -2.56. The van der Waals surface area contributed by atoms with Crippen molar-refractivity contribution < 1.29 is 13.1 Å². The molecule has 4 rings (SSSR count). The van der Waals surface area contributed by atoms with E-state index in [1.807, 2.05) is 49.9 Å². The van der Waals surface area contributed by atoms with Gasteiger partial charge in [-0.05, 0) is 50.8 Å². The molecule has 4 heterocycles. The first-order valence-electron chi connectivity index (χ1n) is 9.54. The first-order chi connectivity index (χ1) is 12.6. The van der Waals surface area contributed by atoms with Gasteiger partial charge in [-0.2, -0.15) is 0 Å². The van der Waals surface area contributed by atoms with Crippen LogP contribution < -0.4 is 20.0 Å². The molecule has 0 fully saturated rings. The minimum Gasteiger partial charge on any atom is -0.434 e. The van der Waals surface area contributed by atoms with Gasteiger partial charge in [0.15, 0.2) is 5.42 Å². The summed E-state index contributed by atoms with van der Waals surface area (Å²) < 4.78 is 31.0. The van der Waals surface area contributed by atoms with E-state index in [9.17, 15) is 0 Å². The maximum atomic E-state index is 7.71. The number of aryl methyl sites for hydroxylation is 4. The van der Waals surface area contributed by atoms with Crippen LogP contribution in [0.25, 0.3) is 23.3 Å². The monoisotopic (exact) mass is 321 g/mol. The Balaban J connectivity index is 1.88. The maximum absolute atomic E-state index is 7.71. The molecule has 0 saturated heterocycles. The predicted molar refractivity (Wildman–Crippen MR) is 98.1 cm³/mol. The van der Waals surface area contributed by atoms with E-state index in [1.54, 1.807) is 6.20 Å². The van der Waals surface area contributed by atoms with Crippen molar-refractivity contribution in [2.75, 3.05) is 4.81 Å². The van der Waals surface area contributed by atoms with Crippen LogP contribution >= 0.6 is 0 Å². The standard InChI is InChI=1S/C19H21BN3O/c1-12-8-18(22(5)10-13(12)2)23-11-17-16(9-20(23)4)15-7-6-14(3)21-19(15)24-17/h6-11H,1-5H3/q+1/i2D3. The van der Waals surface area contributed by atoms with E-state index in [2.05, 4.69) is 22.6 Å². The summed E-state index contributed by atoms with van der Waals surface area (Å²) in [6.07, 6.45) is 3.66. The SMILES string of the molecule is [2H]C([2H])([2H])c1c[n+](C)c(N2C=c3oc4nc(C)ccc4c3=CB2C)cc1C. The third kappa shape index (κ3) is 2.23. The van der Waals surface area contributed by atoms with E-state index in [1.165, 1.54) is 0 Å². The molecule has 0 spiro atoms. The number of hydrogen-bond donors (Lipinski definition) is 0. The molecule has 1 aliphatic heterocycles. The molecule has 1 aliphatic rings. The zero-order valence-corrected chi connectivity index (χ0v) is 14.3. The molecule has 3 aromatic heterocycles. The van der Waals surface area contributed by atoms with Crippen LogP contribution in [0.4, 0.5) is 5.82 Å². The number of nitrogens with zero attached hydrogens (tertiary/aromatic N) is 3. The highest BCUT2D eigenvalue weighted by Crippen LogP contribution is 2.18. The van der Waals surface area contributed by atoms with Crippen molar-refractivity contribution in [3.8, 4) is 0 Å². The summed E-state index contributed by atoms with van der Waals surface area (Å²) in [4.78, 5) is 6.57. The minimum absolute atomic E-state index is 0.0869. The van der Waals surface area contributed by atoms with Crippen molar-refractivity contribution in [2.24, 2.45) is 7.05 Å². The molecule has 0 aromatic carbocycles. The van der Waals surface area contributed by atoms with E-state index in [4.69, 9.17) is 8.53 Å². The first-order valence-corrected chi connectivity index (χ1v) is 8.04. The fourth-order valence-corrected chi connectivity index (χ4v) is 3.21. The molecule has 3 aromatic rings. The molecular weight excluding hydrogens is 297 g/mol. The van der Waals surface area contributed by atoms with E-state index in [-0.39, 0.29) is 6.85 Å². The lowest BCUT2D eigenvalue weighted by Gasteiger charge is -2.19. The van der Waals surface area contributed by atoms with Gasteiger partial charge in [-0.25, -0.2) is 9.55 Å². The van der Waals surface area contributed by atoms with Gasteiger partial charge in [0.1, 0.15) is 6.20 Å². The molecule has 0 radical (unpaired) electrons. The zero-order chi connectivity index (χ0) is 19.5. The summed E-state index contributed by atoms with van der Waals surface area (Å²) >= 11 is 0. The van der Waals surface area contributed by atoms with E-state index in [0.717, 1.165) is 33.1 Å². The Labute approximate surface area is 146 Å². The van der Waals surface area contributed by atoms with Gasteiger partial charge in [-0.1, -0.05) is 5.98 Å². The Morgan fingerprint density at radius 3 is 2.92 bits per heavy atom. The van der Waals surface area contributed by atoms with Gasteiger partial charge in [0, 0.05) is 26.5 Å². The Bertz CT molecular complexity index is 1180. The van der Waals surface area contributed by atoms with Crippen LogP contribution in [-0.4, -0.2) is 11.8 Å². The average molecular weight is 321 g/mol. The van der Waals surface area contributed by atoms with Crippen LogP contribution in [0.2, 0.25) is 6.82 Å². The predicted octanol–water partition coefficient (Wildman–Crippen LogP) is 1.78. The molecule has 120 valence electrons. The lowest BCUT2D eigenvalue weighted by molar-refractivity contribution is -0.658. The average Bonchev–Trinajstić information content (AvgIpc) is 2.91. The Morgan fingerprint density at radius 1 is 1.29 bits per heavy atom. The second-order valence-electron chi connectivity index (χ2n) is 6.47. The number of fused-ring (bicyclic) bond motifs is 3. The van der Waals surface area contributed by atoms with Crippen LogP contribution in [0.5, 0.6) is 0 Å². The van der Waals surface area contributed by atoms with Crippen LogP contribution in [0.3, 0.4) is 0 Å². The van der Waals surface area contributed by atoms with Crippen molar-refractivity contribution >= 4 is 35.9 Å². The van der Waals surface area contributed by atoms with Gasteiger partial charge < -0.3 is 4.42 Å². The number of furan rings is 1. The third-order valence-electron chi connectivity index (χ3n) is 4.58. The smallest absolute Gasteiger partial charge is 0.402 e. The molecule has 0 aliphatic carbocycles. The quantitative estimate of drug-likeness (QED) is 0.506. The van der Waals surface area contributed by atoms with Crippen LogP contribution in [0, 0.1) is 20.7 Å². The lowest BCUT2D eigenvalue weighted by Crippen LogP contribution is -2.47. The van der Waals surface area contributed by atoms with Crippen LogP contribution in [-0.2, 0) is 7.05 Å². The molecule has 0 amide bonds. The Kier molecular flexibility index (Phi) is 2.59. The van der Waals surface area contributed by atoms with E-state index < -0.39 is 6.85 Å². The number of pyridine rings is 2. The highest BCUT2D eigenvalue weighted by molar-refractivity contribution is 6.77. The molecular formula is C19H21BN3O+. The lowest BCUT2D eigenvalue weighted by atomic mass is 9.61. The highest BCUT2D eigenvalue weighted by atomic mass is 16.3. The number of rotatable bonds is 1. The summed E-state index contributed by atoms with van der Waals surface area (Å²) in [5.74, 6) is 3.06. The van der Waals surface area contributed by atoms with Gasteiger partial charge in [0.25, 0.3) is 5.82 Å². The fraction of sp³-hybridized carbons (Fsp3) is 0.263. The molecule has 4 nitrogen and oxygen atoms in total. The maximum Gasteiger partial charge on any atom is 0.402 e. The molecule has 5 heteroatoms. The largest absolute Gasteiger partial charge is 0.434 e. The molecule has 0 atom stereocenters. The summed E-state index contributed by atoms with van der Waals surface area (Å²) in [6.45, 7) is 3.84. The van der Waals surface area contributed by atoms with Crippen molar-refractivity contribution in [1.29, 1.82) is 0 Å². The molecule has 0 saturated carbocycles. The zero-order valence-electron chi connectivity index (χ0n) is 17.3. The van der Waals surface area contributed by atoms with Crippen LogP contribution in [0.1, 0.15) is 20.9 Å². The number of hydrogen-bond acceptors (Lipinski definition) is 3. The van der Waals surface area contributed by atoms with Crippen molar-refractivity contribution in [3.63, 3.8) is 0 Å². The molecule has 24 heavy (non-hydrogen) atoms. The number of aromatic nitrogens is 2. The number of anilines is 1. The van der Waals surface area contributed by atoms with Gasteiger partial charge >= 0.3 is 6.85 Å². The third-order valence-corrected chi connectivity index (χ3v) is 4.58. The van der Waals surface area contributed by atoms with Crippen molar-refractivity contribution in [3.05, 3.63) is 51.9 Å². The summed E-state index contributed by atoms with van der Waals surface area (Å²) in [7, 11) is 1.86. The van der Waals surface area contributed by atoms with Crippen molar-refractivity contribution in [1.82, 2.24) is 4.98 Å². The second-order valence-corrected chi connectivity index (χ2v) is 6.47. The molecule has 0 unspecified atom stereocenters. The van der Waals surface area contributed by atoms with E-state index in [0.29, 0.717) is 11.3 Å². The fourth-order valence-electron chi connectivity index (χ4n) is 3.21. The molecule has 0 N–H and O–H groups in total. The van der Waals surface area contributed by atoms with Gasteiger partial charge in [0.2, 0.25) is 5.71 Å². The summed E-state index contributed by atoms with van der Waals surface area (Å²) in [6, 6.07) is 5.94. The van der Waals surface area contributed by atoms with Gasteiger partial charge in [-0.3, -0.25) is 4.81 Å². The normalized spacial score (nSPS) is 16.1. The summed E-state index contributed by atoms with van der Waals surface area (Å²) in [5.41, 5.74) is 3.43. The van der Waals surface area contributed by atoms with Crippen molar-refractivity contribution in [2.45, 2.75) is 27.5 Å². The highest BCUT2D eigenvalue weighted by Gasteiger charge is 2.29. The van der Waals surface area contributed by atoms with Crippen LogP contribution in [0.15, 0.2) is 28.8 Å².